The molecule has 1 aromatic carbocycles. The summed E-state index contributed by atoms with van der Waals surface area (Å²) in [6.45, 7) is 8.19. The molecule has 0 unspecified atom stereocenters. The number of methoxy groups -OCH3 is 1. The SMILES string of the molecule is COc1cc(C)c2[nH]c(C)c(C(C)(C)N)c2c1. The van der Waals surface area contributed by atoms with Crippen molar-refractivity contribution in [3.8, 4) is 5.75 Å². The number of ether oxygens (including phenoxy) is 1. The van der Waals surface area contributed by atoms with Crippen molar-refractivity contribution in [1.29, 1.82) is 0 Å². The Kier molecular flexibility index (Phi) is 2.66. The third kappa shape index (κ3) is 1.91. The van der Waals surface area contributed by atoms with E-state index < -0.39 is 0 Å². The highest BCUT2D eigenvalue weighted by molar-refractivity contribution is 5.89. The normalized spacial score (nSPS) is 12.1. The molecule has 0 radical (unpaired) electrons. The lowest BCUT2D eigenvalue weighted by Crippen LogP contribution is -2.29. The summed E-state index contributed by atoms with van der Waals surface area (Å²) in [5.41, 5.74) is 10.5. The van der Waals surface area contributed by atoms with Crippen molar-refractivity contribution in [3.63, 3.8) is 0 Å². The largest absolute Gasteiger partial charge is 0.497 e. The molecule has 3 N–H and O–H groups in total. The van der Waals surface area contributed by atoms with Crippen LogP contribution >= 0.6 is 0 Å². The van der Waals surface area contributed by atoms with E-state index in [9.17, 15) is 0 Å². The molecule has 3 heteroatoms. The predicted molar refractivity (Wildman–Crippen MR) is 71.5 cm³/mol. The molecule has 2 aromatic rings. The summed E-state index contributed by atoms with van der Waals surface area (Å²) in [7, 11) is 1.69. The van der Waals surface area contributed by atoms with Gasteiger partial charge in [-0.15, -0.1) is 0 Å². The molecule has 92 valence electrons. The minimum atomic E-state index is -0.360. The first-order valence-electron chi connectivity index (χ1n) is 5.81. The van der Waals surface area contributed by atoms with Gasteiger partial charge in [-0.25, -0.2) is 0 Å². The number of hydrogen-bond donors (Lipinski definition) is 2. The zero-order valence-corrected chi connectivity index (χ0v) is 11.1. The van der Waals surface area contributed by atoms with Crippen LogP contribution in [0.5, 0.6) is 5.75 Å². The van der Waals surface area contributed by atoms with E-state index in [2.05, 4.69) is 24.9 Å². The first kappa shape index (κ1) is 12.0. The van der Waals surface area contributed by atoms with Crippen molar-refractivity contribution in [3.05, 3.63) is 29.0 Å². The molecule has 0 amide bonds. The molecule has 0 saturated heterocycles. The first-order valence-corrected chi connectivity index (χ1v) is 5.81. The molecule has 1 heterocycles. The van der Waals surface area contributed by atoms with Crippen LogP contribution in [0.1, 0.15) is 30.7 Å². The maximum atomic E-state index is 6.25. The molecule has 0 aliphatic rings. The number of nitrogens with one attached hydrogen (secondary N) is 1. The average molecular weight is 232 g/mol. The quantitative estimate of drug-likeness (QED) is 0.836. The summed E-state index contributed by atoms with van der Waals surface area (Å²) in [6.07, 6.45) is 0. The van der Waals surface area contributed by atoms with Crippen LogP contribution in [-0.2, 0) is 5.54 Å². The molecule has 17 heavy (non-hydrogen) atoms. The number of H-pyrrole nitrogens is 1. The number of nitrogens with two attached hydrogens (primary N) is 1. The Morgan fingerprint density at radius 1 is 1.24 bits per heavy atom. The first-order chi connectivity index (χ1) is 7.84. The van der Waals surface area contributed by atoms with Gasteiger partial charge in [0.05, 0.1) is 7.11 Å². The number of rotatable bonds is 2. The van der Waals surface area contributed by atoms with Crippen LogP contribution in [0.3, 0.4) is 0 Å². The highest BCUT2D eigenvalue weighted by Crippen LogP contribution is 2.34. The van der Waals surface area contributed by atoms with Crippen molar-refractivity contribution in [2.24, 2.45) is 5.73 Å². The van der Waals surface area contributed by atoms with Crippen molar-refractivity contribution >= 4 is 10.9 Å². The molecule has 2 rings (SSSR count). The van der Waals surface area contributed by atoms with Gasteiger partial charge in [0.25, 0.3) is 0 Å². The van der Waals surface area contributed by atoms with E-state index in [1.165, 1.54) is 5.56 Å². The Hall–Kier alpha value is -1.48. The second-order valence-electron chi connectivity index (χ2n) is 5.21. The fourth-order valence-electron chi connectivity index (χ4n) is 2.52. The molecular formula is C14H20N2O. The molecule has 0 bridgehead atoms. The second-order valence-corrected chi connectivity index (χ2v) is 5.21. The van der Waals surface area contributed by atoms with Gasteiger partial charge in [0.15, 0.2) is 0 Å². The van der Waals surface area contributed by atoms with E-state index in [1.54, 1.807) is 7.11 Å². The third-order valence-corrected chi connectivity index (χ3v) is 3.15. The average Bonchev–Trinajstić information content (AvgIpc) is 2.54. The third-order valence-electron chi connectivity index (χ3n) is 3.15. The molecular weight excluding hydrogens is 212 g/mol. The zero-order valence-electron chi connectivity index (χ0n) is 11.1. The van der Waals surface area contributed by atoms with Crippen LogP contribution in [0.15, 0.2) is 12.1 Å². The smallest absolute Gasteiger partial charge is 0.119 e. The van der Waals surface area contributed by atoms with E-state index in [0.29, 0.717) is 0 Å². The lowest BCUT2D eigenvalue weighted by Gasteiger charge is -2.19. The Labute approximate surface area is 102 Å². The molecule has 0 spiro atoms. The van der Waals surface area contributed by atoms with E-state index in [4.69, 9.17) is 10.5 Å². The van der Waals surface area contributed by atoms with Crippen LogP contribution in [0.2, 0.25) is 0 Å². The van der Waals surface area contributed by atoms with Gasteiger partial charge in [-0.05, 0) is 51.0 Å². The van der Waals surface area contributed by atoms with Crippen LogP contribution in [0, 0.1) is 13.8 Å². The molecule has 1 aromatic heterocycles. The topological polar surface area (TPSA) is 51.0 Å². The molecule has 0 aliphatic heterocycles. The van der Waals surface area contributed by atoms with Crippen LogP contribution in [0.25, 0.3) is 10.9 Å². The molecule has 0 saturated carbocycles. The van der Waals surface area contributed by atoms with Crippen LogP contribution < -0.4 is 10.5 Å². The van der Waals surface area contributed by atoms with Gasteiger partial charge < -0.3 is 15.5 Å². The maximum absolute atomic E-state index is 6.25. The maximum Gasteiger partial charge on any atom is 0.119 e. The lowest BCUT2D eigenvalue weighted by molar-refractivity contribution is 0.415. The standard InChI is InChI=1S/C14H20N2O/c1-8-6-10(17-5)7-11-12(14(3,4)15)9(2)16-13(8)11/h6-7,16H,15H2,1-5H3. The van der Waals surface area contributed by atoms with Crippen LogP contribution in [0.4, 0.5) is 0 Å². The Bertz CT molecular complexity index is 562. The summed E-state index contributed by atoms with van der Waals surface area (Å²) in [5.74, 6) is 0.875. The van der Waals surface area contributed by atoms with Gasteiger partial charge in [-0.3, -0.25) is 0 Å². The molecule has 0 atom stereocenters. The molecule has 3 nitrogen and oxygen atoms in total. The van der Waals surface area contributed by atoms with Gasteiger partial charge in [-0.1, -0.05) is 0 Å². The Balaban J connectivity index is 2.84. The van der Waals surface area contributed by atoms with E-state index in [1.807, 2.05) is 19.9 Å². The van der Waals surface area contributed by atoms with E-state index in [-0.39, 0.29) is 5.54 Å². The van der Waals surface area contributed by atoms with Gasteiger partial charge in [0.2, 0.25) is 0 Å². The van der Waals surface area contributed by atoms with E-state index >= 15 is 0 Å². The number of benzene rings is 1. The van der Waals surface area contributed by atoms with Crippen molar-refractivity contribution in [1.82, 2.24) is 4.98 Å². The fourth-order valence-corrected chi connectivity index (χ4v) is 2.52. The predicted octanol–water partition coefficient (Wildman–Crippen LogP) is 2.99. The van der Waals surface area contributed by atoms with Gasteiger partial charge in [0, 0.05) is 22.1 Å². The van der Waals surface area contributed by atoms with Crippen molar-refractivity contribution in [2.75, 3.05) is 7.11 Å². The Morgan fingerprint density at radius 2 is 1.88 bits per heavy atom. The lowest BCUT2D eigenvalue weighted by atomic mass is 9.92. The Morgan fingerprint density at radius 3 is 2.41 bits per heavy atom. The second kappa shape index (κ2) is 3.77. The van der Waals surface area contributed by atoms with Gasteiger partial charge >= 0.3 is 0 Å². The fraction of sp³-hybridized carbons (Fsp3) is 0.429. The number of hydrogen-bond acceptors (Lipinski definition) is 2. The minimum Gasteiger partial charge on any atom is -0.497 e. The highest BCUT2D eigenvalue weighted by Gasteiger charge is 2.22. The summed E-state index contributed by atoms with van der Waals surface area (Å²) < 4.78 is 5.33. The number of aryl methyl sites for hydroxylation is 2. The van der Waals surface area contributed by atoms with Crippen molar-refractivity contribution < 1.29 is 4.74 Å². The molecule has 0 aliphatic carbocycles. The molecule has 0 fully saturated rings. The van der Waals surface area contributed by atoms with Crippen LogP contribution in [-0.4, -0.2) is 12.1 Å². The number of aromatic nitrogens is 1. The van der Waals surface area contributed by atoms with Crippen molar-refractivity contribution in [2.45, 2.75) is 33.2 Å². The summed E-state index contributed by atoms with van der Waals surface area (Å²) in [4.78, 5) is 3.42. The summed E-state index contributed by atoms with van der Waals surface area (Å²) in [6, 6.07) is 4.08. The minimum absolute atomic E-state index is 0.360. The monoisotopic (exact) mass is 232 g/mol. The van der Waals surface area contributed by atoms with E-state index in [0.717, 1.165) is 27.9 Å². The summed E-state index contributed by atoms with van der Waals surface area (Å²) >= 11 is 0. The van der Waals surface area contributed by atoms with Gasteiger partial charge in [0.1, 0.15) is 5.75 Å². The number of aromatic amines is 1. The summed E-state index contributed by atoms with van der Waals surface area (Å²) in [5, 5.41) is 1.16. The zero-order chi connectivity index (χ0) is 12.8. The highest BCUT2D eigenvalue weighted by atomic mass is 16.5. The number of fused-ring (bicyclic) bond motifs is 1. The van der Waals surface area contributed by atoms with Gasteiger partial charge in [-0.2, -0.15) is 0 Å².